The number of hydrogen-bond acceptors (Lipinski definition) is 3. The van der Waals surface area contributed by atoms with E-state index in [-0.39, 0.29) is 0 Å². The first-order chi connectivity index (χ1) is 10.2. The molecule has 0 amide bonds. The molecule has 0 fully saturated rings. The molecular formula is C18H29NO2. The van der Waals surface area contributed by atoms with Crippen molar-refractivity contribution in [2.24, 2.45) is 0 Å². The zero-order chi connectivity index (χ0) is 15.1. The van der Waals surface area contributed by atoms with Gasteiger partial charge in [-0.3, -0.25) is 0 Å². The fourth-order valence-electron chi connectivity index (χ4n) is 2.80. The van der Waals surface area contributed by atoms with Crippen molar-refractivity contribution in [3.8, 4) is 5.75 Å². The lowest BCUT2D eigenvalue weighted by molar-refractivity contribution is 0.0759. The first-order valence-electron chi connectivity index (χ1n) is 8.26. The maximum Gasteiger partial charge on any atom is 0.126 e. The number of nitrogens with one attached hydrogen (secondary N) is 1. The highest BCUT2D eigenvalue weighted by Crippen LogP contribution is 2.33. The Morgan fingerprint density at radius 1 is 1.33 bits per heavy atom. The Morgan fingerprint density at radius 2 is 2.19 bits per heavy atom. The van der Waals surface area contributed by atoms with Gasteiger partial charge < -0.3 is 14.8 Å². The van der Waals surface area contributed by atoms with Crippen LogP contribution in [-0.2, 0) is 4.74 Å². The van der Waals surface area contributed by atoms with Crippen LogP contribution in [0.3, 0.4) is 0 Å². The van der Waals surface area contributed by atoms with Gasteiger partial charge in [-0.1, -0.05) is 18.2 Å². The third kappa shape index (κ3) is 5.01. The minimum atomic E-state index is 0.340. The van der Waals surface area contributed by atoms with E-state index in [0.29, 0.717) is 12.1 Å². The first-order valence-corrected chi connectivity index (χ1v) is 8.26. The molecule has 0 bridgehead atoms. The molecule has 118 valence electrons. The summed E-state index contributed by atoms with van der Waals surface area (Å²) in [5, 5.41) is 3.70. The molecule has 1 aromatic rings. The summed E-state index contributed by atoms with van der Waals surface area (Å²) in [6.45, 7) is 9.04. The van der Waals surface area contributed by atoms with Crippen LogP contribution in [0.4, 0.5) is 0 Å². The number of ether oxygens (including phenoxy) is 2. The zero-order valence-electron chi connectivity index (χ0n) is 13.7. The lowest BCUT2D eigenvalue weighted by Gasteiger charge is -2.19. The van der Waals surface area contributed by atoms with Crippen LogP contribution in [0.25, 0.3) is 0 Å². The molecule has 1 unspecified atom stereocenters. The van der Waals surface area contributed by atoms with Gasteiger partial charge in [0.25, 0.3) is 0 Å². The number of benzene rings is 1. The van der Waals surface area contributed by atoms with Gasteiger partial charge >= 0.3 is 0 Å². The smallest absolute Gasteiger partial charge is 0.126 e. The predicted octanol–water partition coefficient (Wildman–Crippen LogP) is 4.00. The van der Waals surface area contributed by atoms with Gasteiger partial charge in [0.1, 0.15) is 5.75 Å². The van der Waals surface area contributed by atoms with Crippen molar-refractivity contribution >= 4 is 0 Å². The van der Waals surface area contributed by atoms with Gasteiger partial charge in [0, 0.05) is 18.2 Å². The van der Waals surface area contributed by atoms with E-state index >= 15 is 0 Å². The average Bonchev–Trinajstić information content (AvgIpc) is 2.66. The van der Waals surface area contributed by atoms with Crippen LogP contribution in [0.5, 0.6) is 5.75 Å². The largest absolute Gasteiger partial charge is 0.493 e. The van der Waals surface area contributed by atoms with Crippen LogP contribution >= 0.6 is 0 Å². The molecule has 21 heavy (non-hydrogen) atoms. The van der Waals surface area contributed by atoms with Gasteiger partial charge in [-0.25, -0.2) is 0 Å². The standard InChI is InChI=1S/C18H29NO2/c1-14(2)20-12-5-4-11-19-17-10-7-13-21-18-15(3)8-6-9-16(17)18/h6,8-9,14,17,19H,4-5,7,10-13H2,1-3H3. The second-order valence-corrected chi connectivity index (χ2v) is 6.12. The minimum Gasteiger partial charge on any atom is -0.493 e. The Bertz CT molecular complexity index is 431. The monoisotopic (exact) mass is 291 g/mol. The van der Waals surface area contributed by atoms with Gasteiger partial charge in [-0.15, -0.1) is 0 Å². The van der Waals surface area contributed by atoms with E-state index in [4.69, 9.17) is 9.47 Å². The van der Waals surface area contributed by atoms with Crippen molar-refractivity contribution in [1.29, 1.82) is 0 Å². The SMILES string of the molecule is Cc1cccc2c1OCCCC2NCCCCOC(C)C. The van der Waals surface area contributed by atoms with Gasteiger partial charge in [0.2, 0.25) is 0 Å². The van der Waals surface area contributed by atoms with E-state index in [9.17, 15) is 0 Å². The highest BCUT2D eigenvalue weighted by molar-refractivity contribution is 5.43. The molecule has 0 radical (unpaired) electrons. The molecule has 0 aliphatic carbocycles. The summed E-state index contributed by atoms with van der Waals surface area (Å²) in [7, 11) is 0. The lowest BCUT2D eigenvalue weighted by atomic mass is 9.99. The molecule has 0 saturated heterocycles. The van der Waals surface area contributed by atoms with Crippen LogP contribution in [0.15, 0.2) is 18.2 Å². The third-order valence-corrected chi connectivity index (χ3v) is 3.91. The molecule has 1 aromatic carbocycles. The maximum absolute atomic E-state index is 5.92. The molecule has 0 spiro atoms. The Hall–Kier alpha value is -1.06. The molecule has 0 saturated carbocycles. The highest BCUT2D eigenvalue weighted by atomic mass is 16.5. The number of rotatable bonds is 7. The fourth-order valence-corrected chi connectivity index (χ4v) is 2.80. The Morgan fingerprint density at radius 3 is 3.00 bits per heavy atom. The van der Waals surface area contributed by atoms with E-state index in [2.05, 4.69) is 44.3 Å². The second-order valence-electron chi connectivity index (χ2n) is 6.12. The van der Waals surface area contributed by atoms with E-state index in [0.717, 1.165) is 51.2 Å². The molecule has 1 heterocycles. The summed E-state index contributed by atoms with van der Waals surface area (Å²) in [6.07, 6.45) is 4.88. The quantitative estimate of drug-likeness (QED) is 0.770. The molecule has 3 heteroatoms. The van der Waals surface area contributed by atoms with Gasteiger partial charge in [-0.2, -0.15) is 0 Å². The van der Waals surface area contributed by atoms with Crippen LogP contribution < -0.4 is 10.1 Å². The summed E-state index contributed by atoms with van der Waals surface area (Å²) < 4.78 is 11.5. The van der Waals surface area contributed by atoms with Crippen LogP contribution in [-0.4, -0.2) is 25.9 Å². The number of unbranched alkanes of at least 4 members (excludes halogenated alkanes) is 1. The van der Waals surface area contributed by atoms with Gasteiger partial charge in [0.05, 0.1) is 12.7 Å². The highest BCUT2D eigenvalue weighted by Gasteiger charge is 2.20. The molecule has 3 nitrogen and oxygen atoms in total. The summed E-state index contributed by atoms with van der Waals surface area (Å²) >= 11 is 0. The molecule has 1 N–H and O–H groups in total. The molecule has 0 aromatic heterocycles. The van der Waals surface area contributed by atoms with Crippen LogP contribution in [0.1, 0.15) is 56.7 Å². The second kappa shape index (κ2) is 8.40. The summed E-state index contributed by atoms with van der Waals surface area (Å²) in [5.74, 6) is 1.09. The van der Waals surface area contributed by atoms with E-state index in [1.165, 1.54) is 11.1 Å². The van der Waals surface area contributed by atoms with Crippen LogP contribution in [0.2, 0.25) is 0 Å². The summed E-state index contributed by atoms with van der Waals surface area (Å²) in [4.78, 5) is 0. The van der Waals surface area contributed by atoms with Crippen molar-refractivity contribution in [2.45, 2.75) is 58.6 Å². The van der Waals surface area contributed by atoms with Gasteiger partial charge in [0.15, 0.2) is 0 Å². The normalized spacial score (nSPS) is 18.2. The predicted molar refractivity (Wildman–Crippen MR) is 87.0 cm³/mol. The molecule has 1 aliphatic rings. The lowest BCUT2D eigenvalue weighted by Crippen LogP contribution is -2.22. The van der Waals surface area contributed by atoms with Crippen LogP contribution in [0, 0.1) is 6.92 Å². The van der Waals surface area contributed by atoms with Crippen molar-refractivity contribution in [2.75, 3.05) is 19.8 Å². The van der Waals surface area contributed by atoms with E-state index in [1.54, 1.807) is 0 Å². The number of fused-ring (bicyclic) bond motifs is 1. The fraction of sp³-hybridized carbons (Fsp3) is 0.667. The van der Waals surface area contributed by atoms with Crippen molar-refractivity contribution in [3.05, 3.63) is 29.3 Å². The Labute approximate surface area is 129 Å². The van der Waals surface area contributed by atoms with E-state index < -0.39 is 0 Å². The van der Waals surface area contributed by atoms with Gasteiger partial charge in [-0.05, 0) is 58.6 Å². The Kier molecular flexibility index (Phi) is 6.52. The first kappa shape index (κ1) is 16.3. The number of para-hydroxylation sites is 1. The molecular weight excluding hydrogens is 262 g/mol. The third-order valence-electron chi connectivity index (χ3n) is 3.91. The van der Waals surface area contributed by atoms with Crippen molar-refractivity contribution < 1.29 is 9.47 Å². The molecule has 1 atom stereocenters. The maximum atomic E-state index is 5.92. The zero-order valence-corrected chi connectivity index (χ0v) is 13.7. The molecule has 2 rings (SSSR count). The van der Waals surface area contributed by atoms with Crippen molar-refractivity contribution in [1.82, 2.24) is 5.32 Å². The topological polar surface area (TPSA) is 30.5 Å². The summed E-state index contributed by atoms with van der Waals surface area (Å²) in [5.41, 5.74) is 2.57. The van der Waals surface area contributed by atoms with E-state index in [1.807, 2.05) is 0 Å². The minimum absolute atomic E-state index is 0.340. The summed E-state index contributed by atoms with van der Waals surface area (Å²) in [6, 6.07) is 6.89. The van der Waals surface area contributed by atoms with Crippen molar-refractivity contribution in [3.63, 3.8) is 0 Å². The average molecular weight is 291 g/mol. The Balaban J connectivity index is 1.82. The molecule has 1 aliphatic heterocycles. The number of aryl methyl sites for hydroxylation is 1. The number of hydrogen-bond donors (Lipinski definition) is 1.